The van der Waals surface area contributed by atoms with Crippen LogP contribution in [0.5, 0.6) is 11.5 Å². The number of nitrogens with one attached hydrogen (secondary N) is 1. The van der Waals surface area contributed by atoms with Crippen LogP contribution in [-0.2, 0) is 4.79 Å². The lowest BCUT2D eigenvalue weighted by atomic mass is 10.1. The summed E-state index contributed by atoms with van der Waals surface area (Å²) in [6.07, 6.45) is -0.304. The van der Waals surface area contributed by atoms with Crippen LogP contribution in [0.1, 0.15) is 38.9 Å². The van der Waals surface area contributed by atoms with Gasteiger partial charge in [0.1, 0.15) is 0 Å². The molecule has 2 unspecified atom stereocenters. The molecule has 0 bridgehead atoms. The highest BCUT2D eigenvalue weighted by atomic mass is 16.5. The van der Waals surface area contributed by atoms with Crippen LogP contribution in [0.2, 0.25) is 0 Å². The number of ether oxygens (including phenoxy) is 2. The molecule has 0 saturated carbocycles. The van der Waals surface area contributed by atoms with Gasteiger partial charge in [-0.2, -0.15) is 0 Å². The molecule has 112 valence electrons. The SMILES string of the molecule is CCCNC(=O)C(C)Oc1ccc(C(C)O)cc1OC. The summed E-state index contributed by atoms with van der Waals surface area (Å²) in [5.74, 6) is 0.822. The first-order valence-electron chi connectivity index (χ1n) is 6.80. The molecule has 5 heteroatoms. The number of aliphatic hydroxyl groups excluding tert-OH is 1. The number of hydrogen-bond donors (Lipinski definition) is 2. The number of methoxy groups -OCH3 is 1. The standard InChI is InChI=1S/C15H23NO4/c1-5-8-16-15(18)11(3)20-13-7-6-12(10(2)17)9-14(13)19-4/h6-7,9-11,17H,5,8H2,1-4H3,(H,16,18). The average molecular weight is 281 g/mol. The first-order chi connectivity index (χ1) is 9.49. The maximum absolute atomic E-state index is 11.8. The lowest BCUT2D eigenvalue weighted by Gasteiger charge is -2.17. The second-order valence-electron chi connectivity index (χ2n) is 4.64. The third-order valence-corrected chi connectivity index (χ3v) is 2.89. The minimum absolute atomic E-state index is 0.159. The van der Waals surface area contributed by atoms with E-state index in [0.29, 0.717) is 18.0 Å². The monoisotopic (exact) mass is 281 g/mol. The molecule has 0 aliphatic heterocycles. The van der Waals surface area contributed by atoms with Crippen LogP contribution in [0.25, 0.3) is 0 Å². The molecule has 1 rings (SSSR count). The first kappa shape index (κ1) is 16.3. The van der Waals surface area contributed by atoms with E-state index in [1.165, 1.54) is 7.11 Å². The Bertz CT molecular complexity index is 445. The summed E-state index contributed by atoms with van der Waals surface area (Å²) >= 11 is 0. The predicted octanol–water partition coefficient (Wildman–Crippen LogP) is 2.04. The molecule has 1 aromatic carbocycles. The molecule has 0 heterocycles. The lowest BCUT2D eigenvalue weighted by molar-refractivity contribution is -0.127. The zero-order valence-corrected chi connectivity index (χ0v) is 12.5. The first-order valence-corrected chi connectivity index (χ1v) is 6.80. The maximum atomic E-state index is 11.8. The summed E-state index contributed by atoms with van der Waals surface area (Å²) in [6.45, 7) is 5.98. The molecule has 0 aliphatic carbocycles. The van der Waals surface area contributed by atoms with Crippen LogP contribution < -0.4 is 14.8 Å². The highest BCUT2D eigenvalue weighted by Crippen LogP contribution is 2.30. The largest absolute Gasteiger partial charge is 0.493 e. The van der Waals surface area contributed by atoms with Crippen LogP contribution in [0, 0.1) is 0 Å². The highest BCUT2D eigenvalue weighted by Gasteiger charge is 2.17. The molecule has 2 N–H and O–H groups in total. The summed E-state index contributed by atoms with van der Waals surface area (Å²) in [5.41, 5.74) is 0.734. The molecule has 0 aliphatic rings. The summed E-state index contributed by atoms with van der Waals surface area (Å²) in [6, 6.07) is 5.15. The number of rotatable bonds is 7. The molecule has 2 atom stereocenters. The van der Waals surface area contributed by atoms with Gasteiger partial charge in [-0.3, -0.25) is 4.79 Å². The summed E-state index contributed by atoms with van der Waals surface area (Å²) in [4.78, 5) is 11.8. The summed E-state index contributed by atoms with van der Waals surface area (Å²) in [7, 11) is 1.52. The van der Waals surface area contributed by atoms with Crippen molar-refractivity contribution >= 4 is 5.91 Å². The van der Waals surface area contributed by atoms with Crippen LogP contribution in [0.15, 0.2) is 18.2 Å². The third kappa shape index (κ3) is 4.42. The van der Waals surface area contributed by atoms with E-state index in [1.54, 1.807) is 32.0 Å². The fourth-order valence-electron chi connectivity index (χ4n) is 1.68. The normalized spacial score (nSPS) is 13.4. The van der Waals surface area contributed by atoms with Crippen LogP contribution in [-0.4, -0.2) is 30.8 Å². The Morgan fingerprint density at radius 2 is 2.05 bits per heavy atom. The molecule has 1 aromatic rings. The fraction of sp³-hybridized carbons (Fsp3) is 0.533. The fourth-order valence-corrected chi connectivity index (χ4v) is 1.68. The third-order valence-electron chi connectivity index (χ3n) is 2.89. The van der Waals surface area contributed by atoms with E-state index in [-0.39, 0.29) is 5.91 Å². The van der Waals surface area contributed by atoms with Gasteiger partial charge in [-0.25, -0.2) is 0 Å². The molecule has 0 saturated heterocycles. The number of amides is 1. The Labute approximate surface area is 119 Å². The second-order valence-corrected chi connectivity index (χ2v) is 4.64. The molecule has 0 aromatic heterocycles. The smallest absolute Gasteiger partial charge is 0.260 e. The zero-order valence-electron chi connectivity index (χ0n) is 12.5. The molecule has 5 nitrogen and oxygen atoms in total. The van der Waals surface area contributed by atoms with Crippen molar-refractivity contribution in [2.45, 2.75) is 39.4 Å². The average Bonchev–Trinajstić information content (AvgIpc) is 2.44. The van der Waals surface area contributed by atoms with Gasteiger partial charge in [0.25, 0.3) is 5.91 Å². The van der Waals surface area contributed by atoms with Gasteiger partial charge in [-0.05, 0) is 38.0 Å². The van der Waals surface area contributed by atoms with Gasteiger partial charge in [0, 0.05) is 6.54 Å². The second kappa shape index (κ2) is 7.75. The Hall–Kier alpha value is -1.75. The quantitative estimate of drug-likeness (QED) is 0.802. The molecule has 1 amide bonds. The van der Waals surface area contributed by atoms with E-state index in [4.69, 9.17) is 9.47 Å². The van der Waals surface area contributed by atoms with Crippen molar-refractivity contribution in [3.05, 3.63) is 23.8 Å². The van der Waals surface area contributed by atoms with E-state index in [2.05, 4.69) is 5.32 Å². The van der Waals surface area contributed by atoms with Crippen LogP contribution >= 0.6 is 0 Å². The highest BCUT2D eigenvalue weighted by molar-refractivity contribution is 5.80. The molecule has 0 fully saturated rings. The van der Waals surface area contributed by atoms with Crippen molar-refractivity contribution in [1.29, 1.82) is 0 Å². The van der Waals surface area contributed by atoms with Gasteiger partial charge in [-0.1, -0.05) is 13.0 Å². The van der Waals surface area contributed by atoms with E-state index in [9.17, 15) is 9.90 Å². The van der Waals surface area contributed by atoms with Crippen molar-refractivity contribution < 1.29 is 19.4 Å². The molecule has 20 heavy (non-hydrogen) atoms. The number of benzene rings is 1. The topological polar surface area (TPSA) is 67.8 Å². The number of hydrogen-bond acceptors (Lipinski definition) is 4. The van der Waals surface area contributed by atoms with Gasteiger partial charge < -0.3 is 19.9 Å². The number of carbonyl (C=O) groups excluding carboxylic acids is 1. The summed E-state index contributed by atoms with van der Waals surface area (Å²) in [5, 5.41) is 12.3. The molecule has 0 radical (unpaired) electrons. The van der Waals surface area contributed by atoms with Crippen molar-refractivity contribution in [2.24, 2.45) is 0 Å². The minimum Gasteiger partial charge on any atom is -0.493 e. The predicted molar refractivity (Wildman–Crippen MR) is 77.0 cm³/mol. The van der Waals surface area contributed by atoms with Crippen molar-refractivity contribution in [2.75, 3.05) is 13.7 Å². The number of carbonyl (C=O) groups is 1. The van der Waals surface area contributed by atoms with Gasteiger partial charge in [-0.15, -0.1) is 0 Å². The van der Waals surface area contributed by atoms with E-state index in [1.807, 2.05) is 6.92 Å². The van der Waals surface area contributed by atoms with Crippen molar-refractivity contribution in [1.82, 2.24) is 5.32 Å². The molecule has 0 spiro atoms. The van der Waals surface area contributed by atoms with Crippen LogP contribution in [0.3, 0.4) is 0 Å². The van der Waals surface area contributed by atoms with Gasteiger partial charge in [0.15, 0.2) is 17.6 Å². The Kier molecular flexibility index (Phi) is 6.31. The van der Waals surface area contributed by atoms with E-state index in [0.717, 1.165) is 12.0 Å². The van der Waals surface area contributed by atoms with E-state index < -0.39 is 12.2 Å². The van der Waals surface area contributed by atoms with Crippen LogP contribution in [0.4, 0.5) is 0 Å². The van der Waals surface area contributed by atoms with Gasteiger partial charge in [0.05, 0.1) is 13.2 Å². The minimum atomic E-state index is -0.604. The Morgan fingerprint density at radius 1 is 1.35 bits per heavy atom. The summed E-state index contributed by atoms with van der Waals surface area (Å²) < 4.78 is 10.8. The van der Waals surface area contributed by atoms with Gasteiger partial charge in [0.2, 0.25) is 0 Å². The van der Waals surface area contributed by atoms with Crippen molar-refractivity contribution in [3.63, 3.8) is 0 Å². The zero-order chi connectivity index (χ0) is 15.1. The molecular weight excluding hydrogens is 258 g/mol. The van der Waals surface area contributed by atoms with E-state index >= 15 is 0 Å². The van der Waals surface area contributed by atoms with Gasteiger partial charge >= 0.3 is 0 Å². The molecular formula is C15H23NO4. The lowest BCUT2D eigenvalue weighted by Crippen LogP contribution is -2.36. The maximum Gasteiger partial charge on any atom is 0.260 e. The Morgan fingerprint density at radius 3 is 2.60 bits per heavy atom. The Balaban J connectivity index is 2.78. The van der Waals surface area contributed by atoms with Crippen molar-refractivity contribution in [3.8, 4) is 11.5 Å². The number of aliphatic hydroxyl groups is 1.